The summed E-state index contributed by atoms with van der Waals surface area (Å²) in [6.07, 6.45) is 2.22. The fraction of sp³-hybridized carbons (Fsp3) is 0.333. The minimum Gasteiger partial charge on any atom is -0.370 e. The number of anilines is 1. The van der Waals surface area contributed by atoms with Crippen LogP contribution in [-0.2, 0) is 4.79 Å². The van der Waals surface area contributed by atoms with Gasteiger partial charge in [-0.1, -0.05) is 23.5 Å². The molecule has 0 saturated carbocycles. The average Bonchev–Trinajstić information content (AvgIpc) is 2.70. The Kier molecular flexibility index (Phi) is 3.93. The molecule has 90 valence electrons. The van der Waals surface area contributed by atoms with Crippen LogP contribution in [0.1, 0.15) is 19.3 Å². The zero-order chi connectivity index (χ0) is 12.1. The van der Waals surface area contributed by atoms with Gasteiger partial charge in [-0.3, -0.25) is 4.79 Å². The number of rotatable bonds is 6. The normalized spacial score (nSPS) is 10.6. The van der Waals surface area contributed by atoms with Gasteiger partial charge in [0, 0.05) is 13.0 Å². The predicted octanol–water partition coefficient (Wildman–Crippen LogP) is 2.36. The van der Waals surface area contributed by atoms with E-state index in [-0.39, 0.29) is 5.91 Å². The van der Waals surface area contributed by atoms with E-state index in [1.165, 1.54) is 4.70 Å². The lowest BCUT2D eigenvalue weighted by molar-refractivity contribution is -0.118. The molecule has 4 nitrogen and oxygen atoms in total. The van der Waals surface area contributed by atoms with Gasteiger partial charge in [-0.2, -0.15) is 0 Å². The molecule has 2 aromatic rings. The number of benzene rings is 1. The zero-order valence-corrected chi connectivity index (χ0v) is 10.3. The first-order valence-electron chi connectivity index (χ1n) is 5.63. The number of fused-ring (bicyclic) bond motifs is 1. The largest absolute Gasteiger partial charge is 0.370 e. The van der Waals surface area contributed by atoms with Gasteiger partial charge in [0.2, 0.25) is 5.91 Å². The van der Waals surface area contributed by atoms with Crippen LogP contribution in [0, 0.1) is 0 Å². The first-order chi connectivity index (χ1) is 8.25. The second-order valence-corrected chi connectivity index (χ2v) is 4.87. The molecule has 1 heterocycles. The summed E-state index contributed by atoms with van der Waals surface area (Å²) in [5.74, 6) is -0.231. The predicted molar refractivity (Wildman–Crippen MR) is 71.2 cm³/mol. The highest BCUT2D eigenvalue weighted by molar-refractivity contribution is 7.22. The molecule has 17 heavy (non-hydrogen) atoms. The van der Waals surface area contributed by atoms with Gasteiger partial charge in [0.1, 0.15) is 0 Å². The number of carbonyl (C=O) groups excluding carboxylic acids is 1. The van der Waals surface area contributed by atoms with E-state index in [9.17, 15) is 4.79 Å². The molecule has 0 aliphatic carbocycles. The van der Waals surface area contributed by atoms with Crippen LogP contribution in [0.2, 0.25) is 0 Å². The summed E-state index contributed by atoms with van der Waals surface area (Å²) in [4.78, 5) is 15.0. The first-order valence-corrected chi connectivity index (χ1v) is 6.45. The SMILES string of the molecule is NC(=O)CCCCNc1nc2ccccc2s1. The third-order valence-corrected chi connectivity index (χ3v) is 3.41. The van der Waals surface area contributed by atoms with Gasteiger partial charge in [-0.25, -0.2) is 4.98 Å². The summed E-state index contributed by atoms with van der Waals surface area (Å²) in [5, 5.41) is 4.20. The van der Waals surface area contributed by atoms with Crippen LogP contribution in [-0.4, -0.2) is 17.4 Å². The average molecular weight is 249 g/mol. The molecule has 0 saturated heterocycles. The quantitative estimate of drug-likeness (QED) is 0.772. The Bertz CT molecular complexity index is 476. The summed E-state index contributed by atoms with van der Waals surface area (Å²) in [5.41, 5.74) is 6.09. The molecule has 0 aliphatic heterocycles. The minimum absolute atomic E-state index is 0.231. The van der Waals surface area contributed by atoms with Crippen LogP contribution >= 0.6 is 11.3 Å². The van der Waals surface area contributed by atoms with Gasteiger partial charge in [-0.15, -0.1) is 0 Å². The van der Waals surface area contributed by atoms with E-state index in [4.69, 9.17) is 5.73 Å². The summed E-state index contributed by atoms with van der Waals surface area (Å²) < 4.78 is 1.19. The van der Waals surface area contributed by atoms with Crippen molar-refractivity contribution >= 4 is 32.6 Å². The highest BCUT2D eigenvalue weighted by Gasteiger charge is 2.01. The van der Waals surface area contributed by atoms with Gasteiger partial charge in [0.15, 0.2) is 5.13 Å². The zero-order valence-electron chi connectivity index (χ0n) is 9.48. The van der Waals surface area contributed by atoms with Crippen molar-refractivity contribution in [2.75, 3.05) is 11.9 Å². The number of nitrogens with one attached hydrogen (secondary N) is 1. The first kappa shape index (κ1) is 11.9. The second kappa shape index (κ2) is 5.63. The molecule has 1 amide bonds. The molecule has 1 aromatic heterocycles. The number of para-hydroxylation sites is 1. The third kappa shape index (κ3) is 3.42. The molecule has 0 fully saturated rings. The molecule has 0 aliphatic rings. The molecule has 0 atom stereocenters. The van der Waals surface area contributed by atoms with E-state index in [0.717, 1.165) is 30.0 Å². The Balaban J connectivity index is 1.81. The monoisotopic (exact) mass is 249 g/mol. The number of nitrogens with two attached hydrogens (primary N) is 1. The van der Waals surface area contributed by atoms with E-state index < -0.39 is 0 Å². The maximum Gasteiger partial charge on any atom is 0.217 e. The summed E-state index contributed by atoms with van der Waals surface area (Å²) in [7, 11) is 0. The lowest BCUT2D eigenvalue weighted by atomic mass is 10.2. The molecule has 0 radical (unpaired) electrons. The number of amides is 1. The molecular formula is C12H15N3OS. The molecule has 5 heteroatoms. The number of thiazole rings is 1. The highest BCUT2D eigenvalue weighted by Crippen LogP contribution is 2.25. The summed E-state index contributed by atoms with van der Waals surface area (Å²) in [6, 6.07) is 8.06. The van der Waals surface area contributed by atoms with E-state index >= 15 is 0 Å². The van der Waals surface area contributed by atoms with Crippen LogP contribution in [0.15, 0.2) is 24.3 Å². The van der Waals surface area contributed by atoms with Gasteiger partial charge < -0.3 is 11.1 Å². The third-order valence-electron chi connectivity index (χ3n) is 2.42. The van der Waals surface area contributed by atoms with Crippen molar-refractivity contribution in [1.82, 2.24) is 4.98 Å². The van der Waals surface area contributed by atoms with Crippen LogP contribution in [0.4, 0.5) is 5.13 Å². The molecular weight excluding hydrogens is 234 g/mol. The van der Waals surface area contributed by atoms with Gasteiger partial charge in [-0.05, 0) is 25.0 Å². The van der Waals surface area contributed by atoms with Crippen molar-refractivity contribution in [3.63, 3.8) is 0 Å². The minimum atomic E-state index is -0.231. The van der Waals surface area contributed by atoms with Crippen LogP contribution in [0.3, 0.4) is 0 Å². The Hall–Kier alpha value is -1.62. The number of aromatic nitrogens is 1. The highest BCUT2D eigenvalue weighted by atomic mass is 32.1. The van der Waals surface area contributed by atoms with Crippen molar-refractivity contribution in [1.29, 1.82) is 0 Å². The van der Waals surface area contributed by atoms with Crippen molar-refractivity contribution in [3.05, 3.63) is 24.3 Å². The number of hydrogen-bond donors (Lipinski definition) is 2. The van der Waals surface area contributed by atoms with Gasteiger partial charge in [0.05, 0.1) is 10.2 Å². The number of hydrogen-bond acceptors (Lipinski definition) is 4. The van der Waals surface area contributed by atoms with E-state index in [1.54, 1.807) is 11.3 Å². The standard InChI is InChI=1S/C12H15N3OS/c13-11(16)7-3-4-8-14-12-15-9-5-1-2-6-10(9)17-12/h1-2,5-6H,3-4,7-8H2,(H2,13,16)(H,14,15). The van der Waals surface area contributed by atoms with Crippen molar-refractivity contribution in [3.8, 4) is 0 Å². The summed E-state index contributed by atoms with van der Waals surface area (Å²) >= 11 is 1.65. The Morgan fingerprint density at radius 2 is 2.18 bits per heavy atom. The Morgan fingerprint density at radius 1 is 1.35 bits per heavy atom. The molecule has 0 spiro atoms. The van der Waals surface area contributed by atoms with Crippen molar-refractivity contribution in [2.45, 2.75) is 19.3 Å². The number of unbranched alkanes of at least 4 members (excludes halogenated alkanes) is 1. The van der Waals surface area contributed by atoms with Gasteiger partial charge in [0.25, 0.3) is 0 Å². The van der Waals surface area contributed by atoms with Crippen LogP contribution < -0.4 is 11.1 Å². The lowest BCUT2D eigenvalue weighted by Gasteiger charge is -2.00. The van der Waals surface area contributed by atoms with Crippen molar-refractivity contribution < 1.29 is 4.79 Å². The molecule has 3 N–H and O–H groups in total. The molecule has 0 bridgehead atoms. The van der Waals surface area contributed by atoms with Gasteiger partial charge >= 0.3 is 0 Å². The van der Waals surface area contributed by atoms with E-state index in [1.807, 2.05) is 18.2 Å². The maximum atomic E-state index is 10.5. The van der Waals surface area contributed by atoms with E-state index in [0.29, 0.717) is 6.42 Å². The number of primary amides is 1. The van der Waals surface area contributed by atoms with E-state index in [2.05, 4.69) is 16.4 Å². The van der Waals surface area contributed by atoms with Crippen LogP contribution in [0.25, 0.3) is 10.2 Å². The fourth-order valence-corrected chi connectivity index (χ4v) is 2.46. The Morgan fingerprint density at radius 3 is 2.94 bits per heavy atom. The van der Waals surface area contributed by atoms with Crippen LogP contribution in [0.5, 0.6) is 0 Å². The molecule has 1 aromatic carbocycles. The number of carbonyl (C=O) groups is 1. The molecule has 0 unspecified atom stereocenters. The summed E-state index contributed by atoms with van der Waals surface area (Å²) in [6.45, 7) is 0.826. The second-order valence-electron chi connectivity index (χ2n) is 3.84. The topological polar surface area (TPSA) is 68.0 Å². The van der Waals surface area contributed by atoms with Crippen molar-refractivity contribution in [2.24, 2.45) is 5.73 Å². The smallest absolute Gasteiger partial charge is 0.217 e. The number of nitrogens with zero attached hydrogens (tertiary/aromatic N) is 1. The molecule has 2 rings (SSSR count). The maximum absolute atomic E-state index is 10.5. The fourth-order valence-electron chi connectivity index (χ4n) is 1.57. The Labute approximate surface area is 104 Å². The lowest BCUT2D eigenvalue weighted by Crippen LogP contribution is -2.10.